The molecule has 1 aromatic carbocycles. The van der Waals surface area contributed by atoms with Crippen LogP contribution in [-0.4, -0.2) is 22.5 Å². The average Bonchev–Trinajstić information content (AvgIpc) is 2.63. The Labute approximate surface area is 140 Å². The van der Waals surface area contributed by atoms with Gasteiger partial charge in [-0.05, 0) is 30.9 Å². The Kier molecular flexibility index (Phi) is 5.48. The molecule has 1 saturated heterocycles. The molecule has 0 spiro atoms. The molecular weight excluding hydrogens is 309 g/mol. The SMILES string of the molecule is O=C(Cc1ccccc1F)NCc1cnc([C@H]2CCCCO2)nc1. The minimum Gasteiger partial charge on any atom is -0.370 e. The molecular formula is C18H20FN3O2. The number of carbonyl (C=O) groups excluding carboxylic acids is 1. The smallest absolute Gasteiger partial charge is 0.224 e. The first-order valence-corrected chi connectivity index (χ1v) is 8.15. The van der Waals surface area contributed by atoms with E-state index in [1.54, 1.807) is 30.6 Å². The number of hydrogen-bond acceptors (Lipinski definition) is 4. The van der Waals surface area contributed by atoms with Gasteiger partial charge in [0.15, 0.2) is 5.82 Å². The van der Waals surface area contributed by atoms with Gasteiger partial charge in [0.25, 0.3) is 0 Å². The van der Waals surface area contributed by atoms with Crippen molar-refractivity contribution in [2.45, 2.75) is 38.3 Å². The summed E-state index contributed by atoms with van der Waals surface area (Å²) in [5, 5.41) is 2.76. The van der Waals surface area contributed by atoms with Crippen LogP contribution in [0.3, 0.4) is 0 Å². The minimum absolute atomic E-state index is 0.0154. The van der Waals surface area contributed by atoms with Crippen molar-refractivity contribution in [2.24, 2.45) is 0 Å². The third-order valence-electron chi connectivity index (χ3n) is 3.99. The van der Waals surface area contributed by atoms with Gasteiger partial charge in [0.2, 0.25) is 5.91 Å². The van der Waals surface area contributed by atoms with Crippen molar-refractivity contribution in [2.75, 3.05) is 6.61 Å². The molecule has 1 fully saturated rings. The van der Waals surface area contributed by atoms with Crippen LogP contribution < -0.4 is 5.32 Å². The van der Waals surface area contributed by atoms with E-state index in [-0.39, 0.29) is 24.2 Å². The zero-order chi connectivity index (χ0) is 16.8. The summed E-state index contributed by atoms with van der Waals surface area (Å²) in [6.45, 7) is 1.07. The number of aromatic nitrogens is 2. The highest BCUT2D eigenvalue weighted by Gasteiger charge is 2.18. The standard InChI is InChI=1S/C18H20FN3O2/c19-15-6-2-1-5-14(15)9-17(23)20-10-13-11-21-18(22-12-13)16-7-3-4-8-24-16/h1-2,5-6,11-12,16H,3-4,7-10H2,(H,20,23)/t16-/m1/s1. The number of amides is 1. The average molecular weight is 329 g/mol. The number of rotatable bonds is 5. The lowest BCUT2D eigenvalue weighted by atomic mass is 10.1. The molecule has 5 nitrogen and oxygen atoms in total. The van der Waals surface area contributed by atoms with Gasteiger partial charge in [-0.1, -0.05) is 18.2 Å². The van der Waals surface area contributed by atoms with Gasteiger partial charge in [0.1, 0.15) is 11.9 Å². The van der Waals surface area contributed by atoms with Gasteiger partial charge in [0.05, 0.1) is 6.42 Å². The number of nitrogens with one attached hydrogen (secondary N) is 1. The highest BCUT2D eigenvalue weighted by atomic mass is 19.1. The predicted octanol–water partition coefficient (Wildman–Crippen LogP) is 2.72. The second-order valence-electron chi connectivity index (χ2n) is 5.85. The number of benzene rings is 1. The molecule has 1 N–H and O–H groups in total. The largest absolute Gasteiger partial charge is 0.370 e. The molecule has 0 saturated carbocycles. The molecule has 0 aliphatic carbocycles. The third-order valence-corrected chi connectivity index (χ3v) is 3.99. The van der Waals surface area contributed by atoms with Crippen LogP contribution in [0, 0.1) is 5.82 Å². The second kappa shape index (κ2) is 7.97. The van der Waals surface area contributed by atoms with E-state index in [1.165, 1.54) is 6.07 Å². The van der Waals surface area contributed by atoms with E-state index in [4.69, 9.17) is 4.74 Å². The normalized spacial score (nSPS) is 17.5. The van der Waals surface area contributed by atoms with E-state index in [9.17, 15) is 9.18 Å². The summed E-state index contributed by atoms with van der Waals surface area (Å²) >= 11 is 0. The predicted molar refractivity (Wildman–Crippen MR) is 86.5 cm³/mol. The van der Waals surface area contributed by atoms with E-state index in [0.29, 0.717) is 17.9 Å². The fraction of sp³-hybridized carbons (Fsp3) is 0.389. The number of ether oxygens (including phenoxy) is 1. The lowest BCUT2D eigenvalue weighted by molar-refractivity contribution is -0.120. The molecule has 1 aromatic heterocycles. The highest BCUT2D eigenvalue weighted by Crippen LogP contribution is 2.24. The van der Waals surface area contributed by atoms with Crippen LogP contribution in [0.15, 0.2) is 36.7 Å². The zero-order valence-electron chi connectivity index (χ0n) is 13.4. The summed E-state index contributed by atoms with van der Waals surface area (Å²) < 4.78 is 19.2. The summed E-state index contributed by atoms with van der Waals surface area (Å²) in [5.74, 6) is 0.0868. The van der Waals surface area contributed by atoms with Gasteiger partial charge in [-0.2, -0.15) is 0 Å². The molecule has 24 heavy (non-hydrogen) atoms. The molecule has 126 valence electrons. The van der Waals surface area contributed by atoms with E-state index in [2.05, 4.69) is 15.3 Å². The summed E-state index contributed by atoms with van der Waals surface area (Å²) in [4.78, 5) is 20.6. The van der Waals surface area contributed by atoms with Crippen molar-refractivity contribution in [3.05, 3.63) is 59.4 Å². The molecule has 1 aliphatic heterocycles. The number of carbonyl (C=O) groups is 1. The molecule has 1 aliphatic rings. The maximum Gasteiger partial charge on any atom is 0.224 e. The molecule has 2 aromatic rings. The summed E-state index contributed by atoms with van der Waals surface area (Å²) in [6.07, 6.45) is 6.54. The first kappa shape index (κ1) is 16.5. The van der Waals surface area contributed by atoms with Crippen LogP contribution in [0.1, 0.15) is 42.3 Å². The van der Waals surface area contributed by atoms with Crippen molar-refractivity contribution in [3.8, 4) is 0 Å². The van der Waals surface area contributed by atoms with E-state index >= 15 is 0 Å². The van der Waals surface area contributed by atoms with Crippen LogP contribution in [-0.2, 0) is 22.5 Å². The van der Waals surface area contributed by atoms with Crippen molar-refractivity contribution < 1.29 is 13.9 Å². The van der Waals surface area contributed by atoms with Crippen LogP contribution in [0.5, 0.6) is 0 Å². The molecule has 0 bridgehead atoms. The topological polar surface area (TPSA) is 64.1 Å². The Bertz CT molecular complexity index is 685. The van der Waals surface area contributed by atoms with Gasteiger partial charge in [-0.25, -0.2) is 14.4 Å². The highest BCUT2D eigenvalue weighted by molar-refractivity contribution is 5.78. The molecule has 2 heterocycles. The zero-order valence-corrected chi connectivity index (χ0v) is 13.4. The third kappa shape index (κ3) is 4.35. The fourth-order valence-electron chi connectivity index (χ4n) is 2.64. The monoisotopic (exact) mass is 329 g/mol. The lowest BCUT2D eigenvalue weighted by Gasteiger charge is -2.21. The van der Waals surface area contributed by atoms with Gasteiger partial charge < -0.3 is 10.1 Å². The molecule has 3 rings (SSSR count). The van der Waals surface area contributed by atoms with Crippen LogP contribution in [0.25, 0.3) is 0 Å². The first-order valence-electron chi connectivity index (χ1n) is 8.15. The number of halogens is 1. The Balaban J connectivity index is 1.51. The van der Waals surface area contributed by atoms with Crippen LogP contribution in [0.2, 0.25) is 0 Å². The second-order valence-corrected chi connectivity index (χ2v) is 5.85. The van der Waals surface area contributed by atoms with Crippen molar-refractivity contribution in [1.82, 2.24) is 15.3 Å². The van der Waals surface area contributed by atoms with E-state index < -0.39 is 0 Å². The first-order chi connectivity index (χ1) is 11.7. The van der Waals surface area contributed by atoms with Crippen molar-refractivity contribution in [3.63, 3.8) is 0 Å². The van der Waals surface area contributed by atoms with Crippen LogP contribution >= 0.6 is 0 Å². The quantitative estimate of drug-likeness (QED) is 0.916. The van der Waals surface area contributed by atoms with E-state index in [0.717, 1.165) is 31.4 Å². The van der Waals surface area contributed by atoms with Gasteiger partial charge in [-0.15, -0.1) is 0 Å². The maximum absolute atomic E-state index is 13.5. The Morgan fingerprint density at radius 2 is 2.04 bits per heavy atom. The van der Waals surface area contributed by atoms with Gasteiger partial charge >= 0.3 is 0 Å². The molecule has 1 amide bonds. The minimum atomic E-state index is -0.368. The summed E-state index contributed by atoms with van der Waals surface area (Å²) in [7, 11) is 0. The summed E-state index contributed by atoms with van der Waals surface area (Å²) in [6, 6.07) is 6.27. The molecule has 0 unspecified atom stereocenters. The van der Waals surface area contributed by atoms with Crippen molar-refractivity contribution >= 4 is 5.91 Å². The Morgan fingerprint density at radius 1 is 1.25 bits per heavy atom. The lowest BCUT2D eigenvalue weighted by Crippen LogP contribution is -2.25. The fourth-order valence-corrected chi connectivity index (χ4v) is 2.64. The van der Waals surface area contributed by atoms with Crippen molar-refractivity contribution in [1.29, 1.82) is 0 Å². The Morgan fingerprint density at radius 3 is 2.75 bits per heavy atom. The molecule has 6 heteroatoms. The van der Waals surface area contributed by atoms with Crippen LogP contribution in [0.4, 0.5) is 4.39 Å². The number of hydrogen-bond donors (Lipinski definition) is 1. The van der Waals surface area contributed by atoms with Gasteiger partial charge in [0, 0.05) is 31.1 Å². The molecule has 0 radical (unpaired) electrons. The maximum atomic E-state index is 13.5. The molecule has 1 atom stereocenters. The summed E-state index contributed by atoms with van der Waals surface area (Å²) in [5.41, 5.74) is 1.19. The van der Waals surface area contributed by atoms with E-state index in [1.807, 2.05) is 0 Å². The van der Waals surface area contributed by atoms with Gasteiger partial charge in [-0.3, -0.25) is 4.79 Å². The number of nitrogens with zero attached hydrogens (tertiary/aromatic N) is 2. The Hall–Kier alpha value is -2.34.